The zero-order chi connectivity index (χ0) is 13.9. The van der Waals surface area contributed by atoms with Crippen molar-refractivity contribution in [2.45, 2.75) is 64.0 Å². The number of amides is 1. The minimum absolute atomic E-state index is 0. The predicted molar refractivity (Wildman–Crippen MR) is 77.0 cm³/mol. The van der Waals surface area contributed by atoms with E-state index in [0.29, 0.717) is 5.54 Å². The molecule has 1 amide bonds. The third-order valence-corrected chi connectivity index (χ3v) is 5.24. The fourth-order valence-electron chi connectivity index (χ4n) is 3.61. The van der Waals surface area contributed by atoms with Gasteiger partial charge in [0, 0.05) is 57.4 Å². The molecule has 2 fully saturated rings. The van der Waals surface area contributed by atoms with Gasteiger partial charge >= 0.3 is 0 Å². The Kier molecular flexibility index (Phi) is 7.38. The van der Waals surface area contributed by atoms with Crippen LogP contribution in [0, 0.1) is 12.5 Å². The first-order valence-corrected chi connectivity index (χ1v) is 7.55. The standard InChI is InChI=1S/C16H26N2O.Y/c1-4-17(13-19)15-7-11-18(12-8-15)16(3)9-5-14(2)6-10-16;/h1,4,14-15H,5-12H2,2-3H3;/q-2;. The van der Waals surface area contributed by atoms with Crippen LogP contribution in [0.1, 0.15) is 52.4 Å². The molecule has 4 heteroatoms. The molecule has 0 atom stereocenters. The SMILES string of the molecule is [CH-]=CN([C-]=O)C1CCN(C2(C)CCC(C)CC2)CC1.[Y]. The monoisotopic (exact) mass is 351 g/mol. The second-order valence-electron chi connectivity index (χ2n) is 6.55. The van der Waals surface area contributed by atoms with Crippen molar-refractivity contribution in [1.82, 2.24) is 9.80 Å². The molecule has 0 unspecified atom stereocenters. The molecule has 0 aromatic heterocycles. The van der Waals surface area contributed by atoms with Crippen molar-refractivity contribution in [2.75, 3.05) is 13.1 Å². The van der Waals surface area contributed by atoms with Crippen LogP contribution in [0.25, 0.3) is 0 Å². The van der Waals surface area contributed by atoms with Gasteiger partial charge in [-0.1, -0.05) is 6.92 Å². The van der Waals surface area contributed by atoms with Crippen LogP contribution in [0.15, 0.2) is 6.20 Å². The Balaban J connectivity index is 0.00000200. The van der Waals surface area contributed by atoms with Crippen LogP contribution >= 0.6 is 0 Å². The number of hydrogen-bond donors (Lipinski definition) is 0. The van der Waals surface area contributed by atoms with Crippen molar-refractivity contribution in [1.29, 1.82) is 0 Å². The summed E-state index contributed by atoms with van der Waals surface area (Å²) in [5, 5.41) is 0. The van der Waals surface area contributed by atoms with E-state index in [1.54, 1.807) is 0 Å². The van der Waals surface area contributed by atoms with Crippen molar-refractivity contribution >= 4 is 6.41 Å². The third-order valence-electron chi connectivity index (χ3n) is 5.24. The number of carbonyl (C=O) groups excluding carboxylic acids is 1. The van der Waals surface area contributed by atoms with E-state index in [0.717, 1.165) is 31.8 Å². The summed E-state index contributed by atoms with van der Waals surface area (Å²) < 4.78 is 0. The largest absolute Gasteiger partial charge is 0.602 e. The van der Waals surface area contributed by atoms with E-state index < -0.39 is 0 Å². The number of hydrogen-bond acceptors (Lipinski definition) is 2. The average Bonchev–Trinajstić information content (AvgIpc) is 2.44. The molecule has 1 heterocycles. The molecule has 0 bridgehead atoms. The van der Waals surface area contributed by atoms with Crippen LogP contribution in [-0.2, 0) is 37.5 Å². The second-order valence-corrected chi connectivity index (χ2v) is 6.55. The first kappa shape index (κ1) is 18.3. The summed E-state index contributed by atoms with van der Waals surface area (Å²) in [5.41, 5.74) is 0.375. The van der Waals surface area contributed by atoms with E-state index in [-0.39, 0.29) is 38.8 Å². The molecule has 0 aromatic carbocycles. The van der Waals surface area contributed by atoms with E-state index in [1.807, 2.05) is 6.41 Å². The molecule has 2 aliphatic rings. The summed E-state index contributed by atoms with van der Waals surface area (Å²) in [5.74, 6) is 0.887. The van der Waals surface area contributed by atoms with Gasteiger partial charge in [-0.05, 0) is 51.4 Å². The van der Waals surface area contributed by atoms with Crippen LogP contribution < -0.4 is 0 Å². The Bertz CT molecular complexity index is 310. The maximum Gasteiger partial charge on any atom is 0.0693 e. The van der Waals surface area contributed by atoms with Gasteiger partial charge in [0.1, 0.15) is 0 Å². The quantitative estimate of drug-likeness (QED) is 0.574. The molecular formula is C16H26N2OY-2. The predicted octanol–water partition coefficient (Wildman–Crippen LogP) is 2.73. The molecule has 2 rings (SSSR count). The molecule has 1 aliphatic heterocycles. The van der Waals surface area contributed by atoms with Gasteiger partial charge in [0.05, 0.1) is 6.41 Å². The smallest absolute Gasteiger partial charge is 0.0693 e. The Morgan fingerprint density at radius 2 is 1.80 bits per heavy atom. The van der Waals surface area contributed by atoms with Crippen molar-refractivity contribution in [3.05, 3.63) is 12.8 Å². The van der Waals surface area contributed by atoms with Gasteiger partial charge in [-0.3, -0.25) is 4.90 Å². The van der Waals surface area contributed by atoms with Crippen LogP contribution in [0.2, 0.25) is 0 Å². The summed E-state index contributed by atoms with van der Waals surface area (Å²) >= 11 is 0. The van der Waals surface area contributed by atoms with E-state index in [9.17, 15) is 4.79 Å². The molecule has 1 aliphatic carbocycles. The van der Waals surface area contributed by atoms with Gasteiger partial charge in [0.2, 0.25) is 0 Å². The van der Waals surface area contributed by atoms with Gasteiger partial charge in [0.25, 0.3) is 0 Å². The van der Waals surface area contributed by atoms with Crippen LogP contribution in [-0.4, -0.2) is 40.9 Å². The van der Waals surface area contributed by atoms with Crippen LogP contribution in [0.5, 0.6) is 0 Å². The van der Waals surface area contributed by atoms with Crippen molar-refractivity contribution < 1.29 is 37.5 Å². The Hall–Kier alpha value is 0.274. The molecule has 3 nitrogen and oxygen atoms in total. The topological polar surface area (TPSA) is 23.6 Å². The average molecular weight is 351 g/mol. The minimum Gasteiger partial charge on any atom is -0.602 e. The van der Waals surface area contributed by atoms with E-state index in [1.165, 1.54) is 36.8 Å². The van der Waals surface area contributed by atoms with Crippen molar-refractivity contribution in [3.8, 4) is 0 Å². The van der Waals surface area contributed by atoms with E-state index in [4.69, 9.17) is 6.58 Å². The number of rotatable bonds is 4. The first-order chi connectivity index (χ1) is 9.09. The summed E-state index contributed by atoms with van der Waals surface area (Å²) in [6.07, 6.45) is 10.6. The summed E-state index contributed by atoms with van der Waals surface area (Å²) in [7, 11) is 0. The molecule has 1 saturated heterocycles. The summed E-state index contributed by atoms with van der Waals surface area (Å²) in [4.78, 5) is 14.9. The third kappa shape index (κ3) is 4.14. The maximum atomic E-state index is 10.8. The normalized spacial score (nSPS) is 32.2. The second kappa shape index (κ2) is 8.05. The fraction of sp³-hybridized carbons (Fsp3) is 0.812. The van der Waals surface area contributed by atoms with Crippen LogP contribution in [0.4, 0.5) is 0 Å². The minimum atomic E-state index is 0. The Morgan fingerprint density at radius 3 is 2.25 bits per heavy atom. The molecule has 0 N–H and O–H groups in total. The number of piperidine rings is 1. The van der Waals surface area contributed by atoms with Gasteiger partial charge < -0.3 is 22.5 Å². The van der Waals surface area contributed by atoms with Gasteiger partial charge in [-0.25, -0.2) is 0 Å². The summed E-state index contributed by atoms with van der Waals surface area (Å²) in [6.45, 7) is 12.4. The van der Waals surface area contributed by atoms with Gasteiger partial charge in [-0.2, -0.15) is 0 Å². The number of nitrogens with zero attached hydrogens (tertiary/aromatic N) is 2. The van der Waals surface area contributed by atoms with Crippen LogP contribution in [0.3, 0.4) is 0 Å². The maximum absolute atomic E-state index is 10.8. The molecule has 0 aromatic rings. The molecule has 0 spiro atoms. The molecule has 111 valence electrons. The Labute approximate surface area is 149 Å². The zero-order valence-electron chi connectivity index (χ0n) is 12.8. The molecule has 20 heavy (non-hydrogen) atoms. The van der Waals surface area contributed by atoms with Crippen molar-refractivity contribution in [2.24, 2.45) is 5.92 Å². The van der Waals surface area contributed by atoms with Gasteiger partial charge in [-0.15, -0.1) is 0 Å². The van der Waals surface area contributed by atoms with E-state index >= 15 is 0 Å². The first-order valence-electron chi connectivity index (χ1n) is 7.55. The van der Waals surface area contributed by atoms with E-state index in [2.05, 4.69) is 18.7 Å². The fourth-order valence-corrected chi connectivity index (χ4v) is 3.61. The van der Waals surface area contributed by atoms with Gasteiger partial charge in [0.15, 0.2) is 0 Å². The molecule has 1 saturated carbocycles. The van der Waals surface area contributed by atoms with Crippen molar-refractivity contribution in [3.63, 3.8) is 0 Å². The zero-order valence-corrected chi connectivity index (χ0v) is 15.7. The number of likely N-dealkylation sites (tertiary alicyclic amines) is 1. The molecule has 1 radical (unpaired) electrons. The summed E-state index contributed by atoms with van der Waals surface area (Å²) in [6, 6.07) is 0.241. The Morgan fingerprint density at radius 1 is 1.25 bits per heavy atom. The molecular weight excluding hydrogens is 325 g/mol.